The van der Waals surface area contributed by atoms with Crippen LogP contribution in [0.4, 0.5) is 4.39 Å². The van der Waals surface area contributed by atoms with E-state index >= 15 is 0 Å². The van der Waals surface area contributed by atoms with Crippen LogP contribution in [0.3, 0.4) is 0 Å². The first-order valence-corrected chi connectivity index (χ1v) is 10.9. The van der Waals surface area contributed by atoms with Gasteiger partial charge in [0.2, 0.25) is 5.91 Å². The summed E-state index contributed by atoms with van der Waals surface area (Å²) in [6.45, 7) is 3.60. The van der Waals surface area contributed by atoms with Crippen molar-refractivity contribution in [2.75, 3.05) is 27.2 Å². The number of hydrogen-bond acceptors (Lipinski definition) is 5. The average Bonchev–Trinajstić information content (AvgIpc) is 2.80. The first-order valence-electron chi connectivity index (χ1n) is 10.9. The van der Waals surface area contributed by atoms with E-state index in [9.17, 15) is 14.4 Å². The number of carbonyl (C=O) groups is 1. The predicted molar refractivity (Wildman–Crippen MR) is 125 cm³/mol. The Labute approximate surface area is 193 Å². The van der Waals surface area contributed by atoms with Crippen LogP contribution in [-0.4, -0.2) is 44.1 Å². The smallest absolute Gasteiger partial charge is 0.245 e. The van der Waals surface area contributed by atoms with E-state index in [1.54, 1.807) is 18.2 Å². The normalized spacial score (nSPS) is 15.5. The lowest BCUT2D eigenvalue weighted by Crippen LogP contribution is -2.64. The Morgan fingerprint density at radius 3 is 2.58 bits per heavy atom. The summed E-state index contributed by atoms with van der Waals surface area (Å²) < 4.78 is 19.2. The molecule has 1 heterocycles. The molecule has 0 spiro atoms. The summed E-state index contributed by atoms with van der Waals surface area (Å²) in [5.41, 5.74) is 0.851. The van der Waals surface area contributed by atoms with Gasteiger partial charge in [-0.3, -0.25) is 9.69 Å². The van der Waals surface area contributed by atoms with Crippen LogP contribution >= 0.6 is 0 Å². The van der Waals surface area contributed by atoms with Gasteiger partial charge < -0.3 is 15.4 Å². The van der Waals surface area contributed by atoms with E-state index in [0.29, 0.717) is 16.9 Å². The number of benzene rings is 3. The molecule has 170 valence electrons. The fourth-order valence-electron chi connectivity index (χ4n) is 4.42. The van der Waals surface area contributed by atoms with E-state index < -0.39 is 5.54 Å². The number of likely N-dealkylation sites (N-methyl/N-ethyl adjacent to an activating group) is 1. The molecule has 0 saturated carbocycles. The highest BCUT2D eigenvalue weighted by atomic mass is 19.1. The molecule has 1 saturated heterocycles. The molecule has 1 aliphatic heterocycles. The van der Waals surface area contributed by atoms with Crippen molar-refractivity contribution in [3.8, 4) is 11.8 Å². The van der Waals surface area contributed by atoms with Crippen molar-refractivity contribution in [1.29, 1.82) is 5.26 Å². The van der Waals surface area contributed by atoms with Gasteiger partial charge in [0.1, 0.15) is 23.2 Å². The number of fused-ring (bicyclic) bond motifs is 1. The van der Waals surface area contributed by atoms with Crippen molar-refractivity contribution in [1.82, 2.24) is 15.5 Å². The molecule has 1 amide bonds. The Balaban J connectivity index is 1.71. The van der Waals surface area contributed by atoms with Crippen molar-refractivity contribution in [3.63, 3.8) is 0 Å². The third kappa shape index (κ3) is 4.04. The fourth-order valence-corrected chi connectivity index (χ4v) is 4.42. The zero-order chi connectivity index (χ0) is 23.6. The van der Waals surface area contributed by atoms with Crippen molar-refractivity contribution in [3.05, 3.63) is 77.1 Å². The summed E-state index contributed by atoms with van der Waals surface area (Å²) in [4.78, 5) is 15.8. The molecule has 3 aromatic carbocycles. The topological polar surface area (TPSA) is 77.4 Å². The quantitative estimate of drug-likeness (QED) is 0.582. The van der Waals surface area contributed by atoms with Gasteiger partial charge in [-0.2, -0.15) is 5.26 Å². The minimum Gasteiger partial charge on any atom is -0.495 e. The van der Waals surface area contributed by atoms with Crippen LogP contribution in [0.5, 0.6) is 5.75 Å². The summed E-state index contributed by atoms with van der Waals surface area (Å²) >= 11 is 0. The molecule has 4 rings (SSSR count). The third-order valence-corrected chi connectivity index (χ3v) is 6.72. The molecule has 0 aliphatic carbocycles. The zero-order valence-electron chi connectivity index (χ0n) is 19.0. The first-order chi connectivity index (χ1) is 15.9. The van der Waals surface area contributed by atoms with Gasteiger partial charge in [-0.1, -0.05) is 36.4 Å². The summed E-state index contributed by atoms with van der Waals surface area (Å²) in [7, 11) is 3.44. The number of nitrogens with one attached hydrogen (secondary N) is 2. The van der Waals surface area contributed by atoms with Gasteiger partial charge in [0.25, 0.3) is 0 Å². The third-order valence-electron chi connectivity index (χ3n) is 6.72. The summed E-state index contributed by atoms with van der Waals surface area (Å²) in [6.07, 6.45) is 0. The van der Waals surface area contributed by atoms with Crippen LogP contribution in [-0.2, 0) is 16.9 Å². The zero-order valence-corrected chi connectivity index (χ0v) is 19.0. The van der Waals surface area contributed by atoms with Crippen LogP contribution in [0.15, 0.2) is 54.6 Å². The second kappa shape index (κ2) is 9.18. The second-order valence-corrected chi connectivity index (χ2v) is 8.45. The van der Waals surface area contributed by atoms with E-state index in [2.05, 4.69) is 16.7 Å². The van der Waals surface area contributed by atoms with Gasteiger partial charge in [-0.25, -0.2) is 4.39 Å². The van der Waals surface area contributed by atoms with E-state index in [1.165, 1.54) is 19.2 Å². The highest BCUT2D eigenvalue weighted by Crippen LogP contribution is 2.34. The van der Waals surface area contributed by atoms with Gasteiger partial charge in [0.15, 0.2) is 0 Å². The highest BCUT2D eigenvalue weighted by molar-refractivity contribution is 5.91. The van der Waals surface area contributed by atoms with E-state index in [0.717, 1.165) is 29.4 Å². The molecule has 0 radical (unpaired) electrons. The first kappa shape index (κ1) is 22.7. The van der Waals surface area contributed by atoms with Gasteiger partial charge in [0, 0.05) is 31.2 Å². The molecule has 7 heteroatoms. The number of halogens is 1. The molecule has 1 aliphatic rings. The molecular formula is C26H27FN4O2. The summed E-state index contributed by atoms with van der Waals surface area (Å²) in [5, 5.41) is 17.7. The molecule has 6 nitrogen and oxygen atoms in total. The highest BCUT2D eigenvalue weighted by Gasteiger charge is 2.43. The number of nitrogens with zero attached hydrogens (tertiary/aromatic N) is 2. The van der Waals surface area contributed by atoms with Crippen molar-refractivity contribution >= 4 is 16.7 Å². The number of carbonyl (C=O) groups excluding carboxylic acids is 1. The molecule has 1 fully saturated rings. The predicted octanol–water partition coefficient (Wildman–Crippen LogP) is 3.29. The van der Waals surface area contributed by atoms with Crippen molar-refractivity contribution in [2.24, 2.45) is 0 Å². The largest absolute Gasteiger partial charge is 0.495 e. The lowest BCUT2D eigenvalue weighted by atomic mass is 9.87. The monoisotopic (exact) mass is 446 g/mol. The summed E-state index contributed by atoms with van der Waals surface area (Å²) in [5.74, 6) is -0.104. The maximum absolute atomic E-state index is 13.7. The van der Waals surface area contributed by atoms with Gasteiger partial charge in [-0.15, -0.1) is 0 Å². The Morgan fingerprint density at radius 2 is 1.97 bits per heavy atom. The van der Waals surface area contributed by atoms with E-state index in [4.69, 9.17) is 4.74 Å². The number of nitriles is 1. The lowest BCUT2D eigenvalue weighted by Gasteiger charge is -2.46. The van der Waals surface area contributed by atoms with Gasteiger partial charge >= 0.3 is 0 Å². The number of rotatable bonds is 7. The standard InChI is InChI=1S/C26H27FN4O2/c1-26(31(2)21-14-29-15-21,19-8-10-20(27)11-9-19)25(32)30-16-23-22-7-5-4-6-17(22)12-18(13-28)24(23)33-3/h4-12,21,29H,14-16H2,1-3H3,(H,30,32). The molecule has 1 atom stereocenters. The minimum absolute atomic E-state index is 0.183. The average molecular weight is 447 g/mol. The van der Waals surface area contributed by atoms with E-state index in [-0.39, 0.29) is 24.3 Å². The second-order valence-electron chi connectivity index (χ2n) is 8.45. The van der Waals surface area contributed by atoms with Crippen LogP contribution in [0.1, 0.15) is 23.6 Å². The molecule has 0 aromatic heterocycles. The maximum atomic E-state index is 13.7. The van der Waals surface area contributed by atoms with Crippen LogP contribution in [0.2, 0.25) is 0 Å². The molecule has 3 aromatic rings. The van der Waals surface area contributed by atoms with Crippen molar-refractivity contribution < 1.29 is 13.9 Å². The lowest BCUT2D eigenvalue weighted by molar-refractivity contribution is -0.135. The van der Waals surface area contributed by atoms with Crippen molar-refractivity contribution in [2.45, 2.75) is 25.0 Å². The maximum Gasteiger partial charge on any atom is 0.245 e. The number of ether oxygens (including phenoxy) is 1. The Morgan fingerprint density at radius 1 is 1.27 bits per heavy atom. The Hall–Kier alpha value is -3.47. The Bertz CT molecular complexity index is 1220. The number of amides is 1. The van der Waals surface area contributed by atoms with Crippen LogP contribution in [0, 0.1) is 17.1 Å². The molecule has 33 heavy (non-hydrogen) atoms. The minimum atomic E-state index is -1.02. The summed E-state index contributed by atoms with van der Waals surface area (Å²) in [6, 6.07) is 17.9. The molecule has 2 N–H and O–H groups in total. The van der Waals surface area contributed by atoms with Crippen LogP contribution in [0.25, 0.3) is 10.8 Å². The number of hydrogen-bond donors (Lipinski definition) is 2. The van der Waals surface area contributed by atoms with Gasteiger partial charge in [-0.05, 0) is 48.5 Å². The Kier molecular flexibility index (Phi) is 6.32. The van der Waals surface area contributed by atoms with Crippen LogP contribution < -0.4 is 15.4 Å². The molecular weight excluding hydrogens is 419 g/mol. The molecule has 0 bridgehead atoms. The van der Waals surface area contributed by atoms with E-state index in [1.807, 2.05) is 43.1 Å². The molecule has 1 unspecified atom stereocenters. The fraction of sp³-hybridized carbons (Fsp3) is 0.308. The number of methoxy groups -OCH3 is 1. The SMILES string of the molecule is COc1c(C#N)cc2ccccc2c1CNC(=O)C(C)(c1ccc(F)cc1)N(C)C1CNC1. The van der Waals surface area contributed by atoms with Gasteiger partial charge in [0.05, 0.1) is 12.7 Å².